The molecule has 4 aromatic rings. The van der Waals surface area contributed by atoms with Crippen LogP contribution in [0.5, 0.6) is 5.75 Å². The zero-order valence-electron chi connectivity index (χ0n) is 18.0. The summed E-state index contributed by atoms with van der Waals surface area (Å²) in [6, 6.07) is 21.5. The molecule has 0 unspecified atom stereocenters. The number of hydrogen-bond donors (Lipinski definition) is 3. The van der Waals surface area contributed by atoms with Crippen molar-refractivity contribution in [3.63, 3.8) is 0 Å². The number of benzene rings is 4. The number of nitrogens with one attached hydrogen (secondary N) is 2. The maximum absolute atomic E-state index is 13.1. The van der Waals surface area contributed by atoms with Crippen molar-refractivity contribution in [2.75, 3.05) is 16.6 Å². The lowest BCUT2D eigenvalue weighted by Crippen LogP contribution is -2.13. The maximum atomic E-state index is 13.1. The molecular weight excluding hydrogens is 440 g/mol. The van der Waals surface area contributed by atoms with Crippen molar-refractivity contribution in [3.05, 3.63) is 78.4 Å². The molecule has 0 aliphatic heterocycles. The lowest BCUT2D eigenvalue weighted by Gasteiger charge is -2.13. The number of ether oxygens (including phenoxy) is 1. The van der Waals surface area contributed by atoms with E-state index < -0.39 is 10.3 Å². The molecular formula is C25H24N2O5S. The fourth-order valence-corrected chi connectivity index (χ4v) is 4.10. The Balaban J connectivity index is 1.65. The highest BCUT2D eigenvalue weighted by Crippen LogP contribution is 2.32. The molecule has 0 heterocycles. The van der Waals surface area contributed by atoms with Crippen LogP contribution in [0.4, 0.5) is 11.4 Å². The van der Waals surface area contributed by atoms with Gasteiger partial charge in [-0.15, -0.1) is 0 Å². The van der Waals surface area contributed by atoms with Crippen LogP contribution in [0.3, 0.4) is 0 Å². The summed E-state index contributed by atoms with van der Waals surface area (Å²) in [4.78, 5) is 13.1. The SMILES string of the molecule is CCCCOc1ccc2cc(C(=O)Nc3ccc(NS(=O)(=O)O)cc3)c3ccccc3c2c1. The highest BCUT2D eigenvalue weighted by Gasteiger charge is 2.14. The minimum atomic E-state index is -4.36. The number of carbonyl (C=O) groups excluding carboxylic acids is 1. The van der Waals surface area contributed by atoms with Gasteiger partial charge in [0.2, 0.25) is 0 Å². The molecule has 3 N–H and O–H groups in total. The third kappa shape index (κ3) is 5.42. The van der Waals surface area contributed by atoms with Gasteiger partial charge in [-0.2, -0.15) is 8.42 Å². The number of fused-ring (bicyclic) bond motifs is 3. The van der Waals surface area contributed by atoms with Gasteiger partial charge in [-0.1, -0.05) is 43.7 Å². The van der Waals surface area contributed by atoms with Crippen LogP contribution in [0.25, 0.3) is 21.5 Å². The standard InChI is InChI=1S/C25H24N2O5S/c1-2-3-14-32-20-13-8-17-15-24(22-7-5-4-6-21(22)23(17)16-20)25(28)26-18-9-11-19(12-10-18)27-33(29,30)31/h4-13,15-16,27H,2-3,14H2,1H3,(H,26,28)(H,29,30,31). The molecule has 0 aliphatic carbocycles. The summed E-state index contributed by atoms with van der Waals surface area (Å²) in [6.45, 7) is 2.79. The van der Waals surface area contributed by atoms with Crippen molar-refractivity contribution in [2.45, 2.75) is 19.8 Å². The second-order valence-corrected chi connectivity index (χ2v) is 8.82. The molecule has 0 aromatic heterocycles. The summed E-state index contributed by atoms with van der Waals surface area (Å²) >= 11 is 0. The van der Waals surface area contributed by atoms with Gasteiger partial charge < -0.3 is 10.1 Å². The molecule has 0 fully saturated rings. The minimum absolute atomic E-state index is 0.184. The highest BCUT2D eigenvalue weighted by molar-refractivity contribution is 7.87. The summed E-state index contributed by atoms with van der Waals surface area (Å²) in [5.74, 6) is 0.517. The van der Waals surface area contributed by atoms with Crippen molar-refractivity contribution in [1.82, 2.24) is 0 Å². The van der Waals surface area contributed by atoms with E-state index in [0.29, 0.717) is 17.9 Å². The largest absolute Gasteiger partial charge is 0.494 e. The zero-order chi connectivity index (χ0) is 23.4. The van der Waals surface area contributed by atoms with Crippen molar-refractivity contribution in [3.8, 4) is 5.75 Å². The molecule has 0 saturated carbocycles. The summed E-state index contributed by atoms with van der Waals surface area (Å²) in [6.07, 6.45) is 2.06. The molecule has 0 bridgehead atoms. The lowest BCUT2D eigenvalue weighted by atomic mass is 9.96. The van der Waals surface area contributed by atoms with E-state index in [1.807, 2.05) is 53.3 Å². The molecule has 1 amide bonds. The first-order chi connectivity index (χ1) is 15.8. The van der Waals surface area contributed by atoms with Gasteiger partial charge in [-0.3, -0.25) is 14.1 Å². The monoisotopic (exact) mass is 464 g/mol. The van der Waals surface area contributed by atoms with E-state index in [1.54, 1.807) is 12.1 Å². The topological polar surface area (TPSA) is 105 Å². The van der Waals surface area contributed by atoms with Crippen LogP contribution in [0.1, 0.15) is 30.1 Å². The van der Waals surface area contributed by atoms with Gasteiger partial charge in [0.25, 0.3) is 5.91 Å². The average molecular weight is 465 g/mol. The summed E-state index contributed by atoms with van der Waals surface area (Å²) in [5, 5.41) is 6.55. The molecule has 0 saturated heterocycles. The number of carbonyl (C=O) groups is 1. The van der Waals surface area contributed by atoms with Crippen molar-refractivity contribution in [1.29, 1.82) is 0 Å². The van der Waals surface area contributed by atoms with Gasteiger partial charge >= 0.3 is 10.3 Å². The van der Waals surface area contributed by atoms with E-state index in [2.05, 4.69) is 12.2 Å². The first-order valence-corrected chi connectivity index (χ1v) is 12.0. The van der Waals surface area contributed by atoms with Crippen molar-refractivity contribution in [2.24, 2.45) is 0 Å². The number of hydrogen-bond acceptors (Lipinski definition) is 4. The molecule has 4 rings (SSSR count). The fraction of sp³-hybridized carbons (Fsp3) is 0.160. The fourth-order valence-electron chi connectivity index (χ4n) is 3.66. The summed E-state index contributed by atoms with van der Waals surface area (Å²) < 4.78 is 38.6. The Morgan fingerprint density at radius 1 is 0.909 bits per heavy atom. The Kier molecular flexibility index (Phi) is 6.48. The molecule has 0 atom stereocenters. The van der Waals surface area contributed by atoms with E-state index in [-0.39, 0.29) is 11.6 Å². The van der Waals surface area contributed by atoms with E-state index in [4.69, 9.17) is 9.29 Å². The Bertz CT molecular complexity index is 1420. The van der Waals surface area contributed by atoms with Crippen LogP contribution in [-0.4, -0.2) is 25.5 Å². The Labute approximate surface area is 192 Å². The Hall–Kier alpha value is -3.62. The van der Waals surface area contributed by atoms with E-state index in [1.165, 1.54) is 12.1 Å². The van der Waals surface area contributed by atoms with Crippen LogP contribution in [-0.2, 0) is 10.3 Å². The average Bonchev–Trinajstić information content (AvgIpc) is 2.79. The van der Waals surface area contributed by atoms with E-state index in [9.17, 15) is 13.2 Å². The summed E-state index contributed by atoms with van der Waals surface area (Å²) in [7, 11) is -4.36. The van der Waals surface area contributed by atoms with Crippen LogP contribution < -0.4 is 14.8 Å². The predicted molar refractivity (Wildman–Crippen MR) is 131 cm³/mol. The molecule has 8 heteroatoms. The van der Waals surface area contributed by atoms with E-state index >= 15 is 0 Å². The molecule has 33 heavy (non-hydrogen) atoms. The number of anilines is 2. The van der Waals surface area contributed by atoms with Crippen LogP contribution in [0.15, 0.2) is 72.8 Å². The molecule has 0 spiro atoms. The lowest BCUT2D eigenvalue weighted by molar-refractivity contribution is 0.102. The maximum Gasteiger partial charge on any atom is 0.357 e. The molecule has 4 aromatic carbocycles. The van der Waals surface area contributed by atoms with Crippen LogP contribution in [0.2, 0.25) is 0 Å². The minimum Gasteiger partial charge on any atom is -0.494 e. The third-order valence-electron chi connectivity index (χ3n) is 5.23. The predicted octanol–water partition coefficient (Wildman–Crippen LogP) is 5.64. The quantitative estimate of drug-likeness (QED) is 0.178. The third-order valence-corrected chi connectivity index (χ3v) is 5.73. The van der Waals surface area contributed by atoms with Gasteiger partial charge in [0.05, 0.1) is 12.3 Å². The second-order valence-electron chi connectivity index (χ2n) is 7.66. The molecule has 170 valence electrons. The van der Waals surface area contributed by atoms with Gasteiger partial charge in [-0.25, -0.2) is 0 Å². The van der Waals surface area contributed by atoms with Gasteiger partial charge in [-0.05, 0) is 70.4 Å². The normalized spacial score (nSPS) is 11.5. The second kappa shape index (κ2) is 9.48. The first-order valence-electron chi connectivity index (χ1n) is 10.6. The highest BCUT2D eigenvalue weighted by atomic mass is 32.2. The molecule has 0 radical (unpaired) electrons. The van der Waals surface area contributed by atoms with Crippen LogP contribution >= 0.6 is 0 Å². The summed E-state index contributed by atoms with van der Waals surface area (Å²) in [5.41, 5.74) is 1.20. The molecule has 0 aliphatic rings. The number of unbranched alkanes of at least 4 members (excludes halogenated alkanes) is 1. The first kappa shape index (κ1) is 22.6. The Morgan fingerprint density at radius 3 is 2.30 bits per heavy atom. The van der Waals surface area contributed by atoms with Crippen molar-refractivity contribution < 1.29 is 22.5 Å². The zero-order valence-corrected chi connectivity index (χ0v) is 18.9. The van der Waals surface area contributed by atoms with Crippen LogP contribution in [0, 0.1) is 0 Å². The van der Waals surface area contributed by atoms with Crippen molar-refractivity contribution >= 4 is 49.1 Å². The van der Waals surface area contributed by atoms with Gasteiger partial charge in [0, 0.05) is 11.3 Å². The number of rotatable bonds is 8. The number of amides is 1. The molecule has 7 nitrogen and oxygen atoms in total. The van der Waals surface area contributed by atoms with Gasteiger partial charge in [0.1, 0.15) is 5.75 Å². The smallest absolute Gasteiger partial charge is 0.357 e. The van der Waals surface area contributed by atoms with E-state index in [0.717, 1.165) is 40.1 Å². The van der Waals surface area contributed by atoms with Gasteiger partial charge in [0.15, 0.2) is 0 Å². The Morgan fingerprint density at radius 2 is 1.61 bits per heavy atom.